The fourth-order valence-corrected chi connectivity index (χ4v) is 1.47. The van der Waals surface area contributed by atoms with E-state index in [2.05, 4.69) is 15.0 Å². The van der Waals surface area contributed by atoms with Crippen molar-refractivity contribution in [1.29, 1.82) is 0 Å². The zero-order valence-electron chi connectivity index (χ0n) is 9.36. The molecule has 0 aliphatic rings. The summed E-state index contributed by atoms with van der Waals surface area (Å²) in [6.45, 7) is 1.68. The SMILES string of the molecule is Cc1cc(-c2cc(C(F)(F)F)ccn2)nc(N)n1. The zero-order chi connectivity index (χ0) is 13.3. The van der Waals surface area contributed by atoms with Crippen molar-refractivity contribution in [2.45, 2.75) is 13.1 Å². The van der Waals surface area contributed by atoms with Crippen LogP contribution in [0, 0.1) is 6.92 Å². The largest absolute Gasteiger partial charge is 0.416 e. The van der Waals surface area contributed by atoms with Crippen LogP contribution < -0.4 is 5.73 Å². The smallest absolute Gasteiger partial charge is 0.368 e. The van der Waals surface area contributed by atoms with Crippen molar-refractivity contribution < 1.29 is 13.2 Å². The summed E-state index contributed by atoms with van der Waals surface area (Å²) >= 11 is 0. The molecule has 0 amide bonds. The molecule has 0 radical (unpaired) electrons. The normalized spacial score (nSPS) is 11.6. The van der Waals surface area contributed by atoms with Crippen molar-refractivity contribution in [2.75, 3.05) is 5.73 Å². The van der Waals surface area contributed by atoms with E-state index >= 15 is 0 Å². The molecule has 0 spiro atoms. The van der Waals surface area contributed by atoms with Crippen molar-refractivity contribution in [2.24, 2.45) is 0 Å². The van der Waals surface area contributed by atoms with Gasteiger partial charge >= 0.3 is 6.18 Å². The van der Waals surface area contributed by atoms with Crippen LogP contribution in [0.4, 0.5) is 19.1 Å². The Hall–Kier alpha value is -2.18. The first-order valence-corrected chi connectivity index (χ1v) is 5.01. The van der Waals surface area contributed by atoms with Crippen molar-refractivity contribution in [3.63, 3.8) is 0 Å². The second kappa shape index (κ2) is 4.25. The molecule has 0 saturated carbocycles. The summed E-state index contributed by atoms with van der Waals surface area (Å²) in [5.74, 6) is 0.00390. The van der Waals surface area contributed by atoms with Gasteiger partial charge in [-0.1, -0.05) is 0 Å². The second-order valence-electron chi connectivity index (χ2n) is 3.68. The Morgan fingerprint density at radius 2 is 1.83 bits per heavy atom. The van der Waals surface area contributed by atoms with E-state index in [-0.39, 0.29) is 17.3 Å². The molecule has 2 N–H and O–H groups in total. The number of hydrogen-bond donors (Lipinski definition) is 1. The fraction of sp³-hybridized carbons (Fsp3) is 0.182. The zero-order valence-corrected chi connectivity index (χ0v) is 9.36. The summed E-state index contributed by atoms with van der Waals surface area (Å²) in [5, 5.41) is 0. The van der Waals surface area contributed by atoms with Crippen LogP contribution in [0.2, 0.25) is 0 Å². The van der Waals surface area contributed by atoms with Gasteiger partial charge in [-0.15, -0.1) is 0 Å². The van der Waals surface area contributed by atoms with Crippen LogP contribution >= 0.6 is 0 Å². The molecular weight excluding hydrogens is 245 g/mol. The third-order valence-electron chi connectivity index (χ3n) is 2.22. The average Bonchev–Trinajstić information content (AvgIpc) is 2.27. The molecule has 0 saturated heterocycles. The Morgan fingerprint density at radius 1 is 1.11 bits per heavy atom. The van der Waals surface area contributed by atoms with Gasteiger partial charge in [0.25, 0.3) is 0 Å². The molecule has 2 heterocycles. The molecule has 0 fully saturated rings. The van der Waals surface area contributed by atoms with E-state index in [4.69, 9.17) is 5.73 Å². The first-order chi connectivity index (χ1) is 8.36. The van der Waals surface area contributed by atoms with Gasteiger partial charge in [0.1, 0.15) is 0 Å². The molecule has 0 unspecified atom stereocenters. The lowest BCUT2D eigenvalue weighted by Gasteiger charge is -2.08. The van der Waals surface area contributed by atoms with Crippen LogP contribution in [0.25, 0.3) is 11.4 Å². The molecule has 7 heteroatoms. The van der Waals surface area contributed by atoms with Gasteiger partial charge in [-0.25, -0.2) is 9.97 Å². The van der Waals surface area contributed by atoms with Crippen LogP contribution in [-0.4, -0.2) is 15.0 Å². The highest BCUT2D eigenvalue weighted by atomic mass is 19.4. The predicted molar refractivity (Wildman–Crippen MR) is 59.4 cm³/mol. The van der Waals surface area contributed by atoms with Crippen molar-refractivity contribution in [1.82, 2.24) is 15.0 Å². The van der Waals surface area contributed by atoms with Crippen LogP contribution in [0.1, 0.15) is 11.3 Å². The number of hydrogen-bond acceptors (Lipinski definition) is 4. The van der Waals surface area contributed by atoms with E-state index in [1.165, 1.54) is 6.07 Å². The predicted octanol–water partition coefficient (Wildman–Crippen LogP) is 2.45. The molecule has 0 aromatic carbocycles. The first-order valence-electron chi connectivity index (χ1n) is 5.01. The lowest BCUT2D eigenvalue weighted by molar-refractivity contribution is -0.137. The second-order valence-corrected chi connectivity index (χ2v) is 3.68. The lowest BCUT2D eigenvalue weighted by atomic mass is 10.1. The summed E-state index contributed by atoms with van der Waals surface area (Å²) < 4.78 is 37.7. The third-order valence-corrected chi connectivity index (χ3v) is 2.22. The minimum absolute atomic E-state index is 0.00390. The molecule has 0 atom stereocenters. The quantitative estimate of drug-likeness (QED) is 0.848. The minimum Gasteiger partial charge on any atom is -0.368 e. The number of aryl methyl sites for hydroxylation is 1. The maximum Gasteiger partial charge on any atom is 0.416 e. The number of halogens is 3. The number of anilines is 1. The topological polar surface area (TPSA) is 64.7 Å². The molecule has 94 valence electrons. The Labute approximate surface area is 101 Å². The third kappa shape index (κ3) is 2.55. The van der Waals surface area contributed by atoms with Gasteiger partial charge in [-0.3, -0.25) is 4.98 Å². The van der Waals surface area contributed by atoms with E-state index in [1.807, 2.05) is 0 Å². The number of pyridine rings is 1. The van der Waals surface area contributed by atoms with Crippen molar-refractivity contribution >= 4 is 5.95 Å². The number of rotatable bonds is 1. The maximum atomic E-state index is 12.6. The minimum atomic E-state index is -4.41. The fourth-order valence-electron chi connectivity index (χ4n) is 1.47. The number of aromatic nitrogens is 3. The van der Waals surface area contributed by atoms with Gasteiger partial charge < -0.3 is 5.73 Å². The summed E-state index contributed by atoms with van der Waals surface area (Å²) in [4.78, 5) is 11.6. The molecule has 2 aromatic rings. The highest BCUT2D eigenvalue weighted by Crippen LogP contribution is 2.30. The lowest BCUT2D eigenvalue weighted by Crippen LogP contribution is -2.06. The van der Waals surface area contributed by atoms with E-state index in [1.54, 1.807) is 6.92 Å². The highest BCUT2D eigenvalue weighted by molar-refractivity contribution is 5.56. The average molecular weight is 254 g/mol. The van der Waals surface area contributed by atoms with Crippen LogP contribution in [0.5, 0.6) is 0 Å². The molecular formula is C11H9F3N4. The Morgan fingerprint density at radius 3 is 2.44 bits per heavy atom. The molecule has 2 aromatic heterocycles. The molecule has 0 bridgehead atoms. The van der Waals surface area contributed by atoms with Gasteiger partial charge in [0.2, 0.25) is 5.95 Å². The van der Waals surface area contributed by atoms with Crippen LogP contribution in [0.3, 0.4) is 0 Å². The van der Waals surface area contributed by atoms with Crippen LogP contribution in [0.15, 0.2) is 24.4 Å². The van der Waals surface area contributed by atoms with Gasteiger partial charge in [-0.2, -0.15) is 13.2 Å². The number of nitrogens with two attached hydrogens (primary N) is 1. The van der Waals surface area contributed by atoms with Crippen molar-refractivity contribution in [3.05, 3.63) is 35.7 Å². The van der Waals surface area contributed by atoms with E-state index in [0.717, 1.165) is 18.3 Å². The Bertz CT molecular complexity index is 560. The number of alkyl halides is 3. The standard InChI is InChI=1S/C11H9F3N4/c1-6-4-9(18-10(15)17-6)8-5-7(2-3-16-8)11(12,13)14/h2-5H,1H3,(H2,15,17,18). The molecule has 4 nitrogen and oxygen atoms in total. The summed E-state index contributed by atoms with van der Waals surface area (Å²) in [5.41, 5.74) is 5.62. The van der Waals surface area contributed by atoms with Gasteiger partial charge in [-0.05, 0) is 25.1 Å². The first kappa shape index (κ1) is 12.3. The molecule has 2 rings (SSSR count). The molecule has 0 aliphatic heterocycles. The van der Waals surface area contributed by atoms with Gasteiger partial charge in [0, 0.05) is 11.9 Å². The number of nitrogen functional groups attached to an aromatic ring is 1. The number of nitrogens with zero attached hydrogens (tertiary/aromatic N) is 3. The van der Waals surface area contributed by atoms with E-state index in [9.17, 15) is 13.2 Å². The monoisotopic (exact) mass is 254 g/mol. The summed E-state index contributed by atoms with van der Waals surface area (Å²) in [6.07, 6.45) is -3.32. The highest BCUT2D eigenvalue weighted by Gasteiger charge is 2.30. The summed E-state index contributed by atoms with van der Waals surface area (Å²) in [7, 11) is 0. The molecule has 0 aliphatic carbocycles. The van der Waals surface area contributed by atoms with E-state index < -0.39 is 11.7 Å². The maximum absolute atomic E-state index is 12.6. The van der Waals surface area contributed by atoms with Crippen molar-refractivity contribution in [3.8, 4) is 11.4 Å². The van der Waals surface area contributed by atoms with Gasteiger partial charge in [0.05, 0.1) is 17.0 Å². The molecule has 18 heavy (non-hydrogen) atoms. The Balaban J connectivity index is 2.51. The van der Waals surface area contributed by atoms with Gasteiger partial charge in [0.15, 0.2) is 0 Å². The van der Waals surface area contributed by atoms with E-state index in [0.29, 0.717) is 5.69 Å². The van der Waals surface area contributed by atoms with Crippen LogP contribution in [-0.2, 0) is 6.18 Å². The Kier molecular flexibility index (Phi) is 2.90. The summed E-state index contributed by atoms with van der Waals surface area (Å²) in [6, 6.07) is 3.36.